The van der Waals surface area contributed by atoms with Gasteiger partial charge in [0, 0.05) is 11.4 Å². The topological polar surface area (TPSA) is 9.86 Å². The molecular formula is C40H42N2S4. The van der Waals surface area contributed by atoms with E-state index in [1.165, 1.54) is 128 Å². The van der Waals surface area contributed by atoms with Crippen molar-refractivity contribution < 1.29 is 0 Å². The Bertz CT molecular complexity index is 1880. The van der Waals surface area contributed by atoms with E-state index in [2.05, 4.69) is 117 Å². The van der Waals surface area contributed by atoms with Crippen LogP contribution in [-0.2, 0) is 12.8 Å². The number of aromatic nitrogens is 2. The van der Waals surface area contributed by atoms with Crippen molar-refractivity contribution >= 4 is 86.2 Å². The third-order valence-corrected chi connectivity index (χ3v) is 12.9. The molecule has 8 aromatic rings. The van der Waals surface area contributed by atoms with Gasteiger partial charge in [-0.05, 0) is 107 Å². The van der Waals surface area contributed by atoms with E-state index >= 15 is 0 Å². The molecule has 0 aliphatic carbocycles. The summed E-state index contributed by atoms with van der Waals surface area (Å²) in [5.41, 5.74) is 10.8. The van der Waals surface area contributed by atoms with Gasteiger partial charge < -0.3 is 9.13 Å². The number of hydrogen-bond donors (Lipinski definition) is 0. The van der Waals surface area contributed by atoms with Gasteiger partial charge >= 0.3 is 0 Å². The van der Waals surface area contributed by atoms with Crippen LogP contribution in [0, 0.1) is 0 Å². The molecule has 0 fully saturated rings. The predicted molar refractivity (Wildman–Crippen MR) is 209 cm³/mol. The van der Waals surface area contributed by atoms with Crippen LogP contribution in [0.2, 0.25) is 0 Å². The molecule has 0 N–H and O–H groups in total. The summed E-state index contributed by atoms with van der Waals surface area (Å²) in [4.78, 5) is 0. The molecule has 0 aliphatic heterocycles. The molecule has 0 saturated heterocycles. The third kappa shape index (κ3) is 6.37. The first-order chi connectivity index (χ1) is 22.8. The number of nitrogens with zero attached hydrogens (tertiary/aromatic N) is 2. The summed E-state index contributed by atoms with van der Waals surface area (Å²) in [6, 6.07) is 27.3. The number of unbranched alkanes of at least 4 members (excludes halogenated alkanes) is 6. The van der Waals surface area contributed by atoms with Crippen molar-refractivity contribution in [2.24, 2.45) is 0 Å². The Morgan fingerprint density at radius 3 is 1.02 bits per heavy atom. The number of thiophene rings is 4. The fourth-order valence-electron chi connectivity index (χ4n) is 6.55. The molecule has 0 radical (unpaired) electrons. The zero-order valence-electron chi connectivity index (χ0n) is 26.8. The molecule has 6 heteroatoms. The van der Waals surface area contributed by atoms with Crippen molar-refractivity contribution in [2.75, 3.05) is 0 Å². The zero-order valence-corrected chi connectivity index (χ0v) is 30.1. The van der Waals surface area contributed by atoms with Crippen LogP contribution in [0.25, 0.3) is 52.2 Å². The first kappa shape index (κ1) is 31.4. The number of fused-ring (bicyclic) bond motifs is 6. The minimum Gasteiger partial charge on any atom is -0.307 e. The molecule has 0 atom stereocenters. The molecular weight excluding hydrogens is 637 g/mol. The van der Waals surface area contributed by atoms with Crippen molar-refractivity contribution in [1.82, 2.24) is 9.13 Å². The molecule has 46 heavy (non-hydrogen) atoms. The number of benzene rings is 2. The van der Waals surface area contributed by atoms with Gasteiger partial charge in [-0.3, -0.25) is 0 Å². The van der Waals surface area contributed by atoms with Crippen LogP contribution in [0.15, 0.2) is 94.3 Å². The Morgan fingerprint density at radius 1 is 0.391 bits per heavy atom. The monoisotopic (exact) mass is 678 g/mol. The Morgan fingerprint density at radius 2 is 0.717 bits per heavy atom. The zero-order chi connectivity index (χ0) is 31.3. The molecule has 2 aromatic carbocycles. The Kier molecular flexibility index (Phi) is 10.1. The van der Waals surface area contributed by atoms with Gasteiger partial charge in [0.15, 0.2) is 0 Å². The molecule has 236 valence electrons. The maximum absolute atomic E-state index is 2.40. The van der Waals surface area contributed by atoms with Gasteiger partial charge in [0.2, 0.25) is 0 Å². The van der Waals surface area contributed by atoms with E-state index in [1.807, 2.05) is 45.3 Å². The third-order valence-electron chi connectivity index (χ3n) is 8.98. The van der Waals surface area contributed by atoms with Crippen LogP contribution < -0.4 is 0 Å². The molecule has 2 nitrogen and oxygen atoms in total. The highest BCUT2D eigenvalue weighted by Crippen LogP contribution is 2.39. The highest BCUT2D eigenvalue weighted by atomic mass is 32.1. The first-order valence-corrected chi connectivity index (χ1v) is 20.4. The minimum absolute atomic E-state index is 1.20. The summed E-state index contributed by atoms with van der Waals surface area (Å²) >= 11 is 7.38. The standard InChI is InChI=1S/2C20H21NS2/c2*1-2-3-4-5-6-15-7-9-16(10-8-15)21-17-11-13-22-19(17)20-18(21)12-14-23-20/h2*7-14H,2-6H2,1H3. The van der Waals surface area contributed by atoms with Crippen molar-refractivity contribution in [1.29, 1.82) is 0 Å². The van der Waals surface area contributed by atoms with E-state index in [-0.39, 0.29) is 0 Å². The summed E-state index contributed by atoms with van der Waals surface area (Å²) in [6.45, 7) is 4.53. The van der Waals surface area contributed by atoms with E-state index in [1.54, 1.807) is 0 Å². The SMILES string of the molecule is CCCCCCc1ccc(-n2c3ccsc3c3sccc32)cc1.CCCCCCc1ccc(-n2c3ccsc3c3sccc32)cc1. The van der Waals surface area contributed by atoms with Crippen molar-refractivity contribution in [3.05, 3.63) is 105 Å². The highest BCUT2D eigenvalue weighted by Gasteiger charge is 2.15. The van der Waals surface area contributed by atoms with Gasteiger partial charge in [-0.25, -0.2) is 0 Å². The average molecular weight is 679 g/mol. The van der Waals surface area contributed by atoms with E-state index in [0.29, 0.717) is 0 Å². The quantitative estimate of drug-likeness (QED) is 0.114. The summed E-state index contributed by atoms with van der Waals surface area (Å²) in [5, 5.41) is 8.79. The Hall–Kier alpha value is -3.16. The van der Waals surface area contributed by atoms with Crippen LogP contribution in [0.5, 0.6) is 0 Å². The molecule has 0 unspecified atom stereocenters. The van der Waals surface area contributed by atoms with Gasteiger partial charge in [0.1, 0.15) is 0 Å². The molecule has 6 aromatic heterocycles. The van der Waals surface area contributed by atoms with E-state index in [9.17, 15) is 0 Å². The molecule has 0 aliphatic rings. The lowest BCUT2D eigenvalue weighted by Crippen LogP contribution is -1.93. The van der Waals surface area contributed by atoms with Gasteiger partial charge in [-0.1, -0.05) is 76.6 Å². The van der Waals surface area contributed by atoms with E-state index in [0.717, 1.165) is 0 Å². The molecule has 0 bridgehead atoms. The van der Waals surface area contributed by atoms with Crippen LogP contribution >= 0.6 is 45.3 Å². The molecule has 0 spiro atoms. The van der Waals surface area contributed by atoms with Crippen molar-refractivity contribution in [3.63, 3.8) is 0 Å². The van der Waals surface area contributed by atoms with Crippen LogP contribution in [0.4, 0.5) is 0 Å². The highest BCUT2D eigenvalue weighted by molar-refractivity contribution is 7.26. The smallest absolute Gasteiger partial charge is 0.0704 e. The maximum atomic E-state index is 2.40. The second-order valence-electron chi connectivity index (χ2n) is 12.2. The molecule has 6 heterocycles. The maximum Gasteiger partial charge on any atom is 0.0704 e. The average Bonchev–Trinajstić information content (AvgIpc) is 3.92. The van der Waals surface area contributed by atoms with Crippen molar-refractivity contribution in [2.45, 2.75) is 78.1 Å². The van der Waals surface area contributed by atoms with Gasteiger partial charge in [0.05, 0.1) is 40.9 Å². The van der Waals surface area contributed by atoms with Gasteiger partial charge in [-0.15, -0.1) is 45.3 Å². The summed E-state index contributed by atoms with van der Waals surface area (Å²) in [7, 11) is 0. The fraction of sp³-hybridized carbons (Fsp3) is 0.300. The Balaban J connectivity index is 0.000000147. The van der Waals surface area contributed by atoms with Gasteiger partial charge in [-0.2, -0.15) is 0 Å². The lowest BCUT2D eigenvalue weighted by Gasteiger charge is -2.08. The van der Waals surface area contributed by atoms with Crippen LogP contribution in [0.1, 0.15) is 76.3 Å². The second kappa shape index (κ2) is 14.7. The number of hydrogen-bond acceptors (Lipinski definition) is 4. The van der Waals surface area contributed by atoms with Gasteiger partial charge in [0.25, 0.3) is 0 Å². The van der Waals surface area contributed by atoms with Crippen LogP contribution in [-0.4, -0.2) is 9.13 Å². The Labute approximate surface area is 288 Å². The van der Waals surface area contributed by atoms with Crippen LogP contribution in [0.3, 0.4) is 0 Å². The van der Waals surface area contributed by atoms with Crippen molar-refractivity contribution in [3.8, 4) is 11.4 Å². The number of rotatable bonds is 12. The largest absolute Gasteiger partial charge is 0.307 e. The summed E-state index contributed by atoms with van der Waals surface area (Å²) in [5.74, 6) is 0. The summed E-state index contributed by atoms with van der Waals surface area (Å²) < 4.78 is 10.5. The minimum atomic E-state index is 1.20. The second-order valence-corrected chi connectivity index (χ2v) is 15.8. The number of aryl methyl sites for hydroxylation is 2. The molecule has 0 amide bonds. The predicted octanol–water partition coefficient (Wildman–Crippen LogP) is 14.1. The molecule has 8 rings (SSSR count). The fourth-order valence-corrected chi connectivity index (χ4v) is 10.4. The lowest BCUT2D eigenvalue weighted by atomic mass is 10.1. The first-order valence-electron chi connectivity index (χ1n) is 16.9. The lowest BCUT2D eigenvalue weighted by molar-refractivity contribution is 0.667. The van der Waals surface area contributed by atoms with E-state index < -0.39 is 0 Å². The summed E-state index contributed by atoms with van der Waals surface area (Å²) in [6.07, 6.45) is 13.0. The van der Waals surface area contributed by atoms with E-state index in [4.69, 9.17) is 0 Å². The molecule has 0 saturated carbocycles. The normalized spacial score (nSPS) is 11.7.